The van der Waals surface area contributed by atoms with Gasteiger partial charge in [0.1, 0.15) is 5.60 Å². The minimum Gasteiger partial charge on any atom is -0.456 e. The first-order valence-electron chi connectivity index (χ1n) is 5.75. The largest absolute Gasteiger partial charge is 0.509 e. The van der Waals surface area contributed by atoms with Crippen molar-refractivity contribution in [2.75, 3.05) is 5.73 Å². The standard InChI is InChI=1S/C12H16BF3NO2/c1-7-9(11(18)19-12(2,3)4)5-8(6-10(7)17)13(14,15)16/h5-6H,17H2,1-4H3/q-1. The number of carbonyl (C=O) groups is 1. The van der Waals surface area contributed by atoms with E-state index in [4.69, 9.17) is 10.5 Å². The minimum atomic E-state index is -5.21. The molecule has 0 bridgehead atoms. The van der Waals surface area contributed by atoms with Crippen LogP contribution in [0, 0.1) is 6.92 Å². The van der Waals surface area contributed by atoms with E-state index in [9.17, 15) is 17.7 Å². The van der Waals surface area contributed by atoms with E-state index in [1.807, 2.05) is 0 Å². The Kier molecular flexibility index (Phi) is 3.88. The number of rotatable bonds is 2. The molecule has 0 spiro atoms. The average molecular weight is 274 g/mol. The number of anilines is 1. The van der Waals surface area contributed by atoms with Gasteiger partial charge in [0.15, 0.2) is 0 Å². The van der Waals surface area contributed by atoms with Gasteiger partial charge in [-0.25, -0.2) is 4.79 Å². The van der Waals surface area contributed by atoms with Gasteiger partial charge in [0.05, 0.1) is 5.56 Å². The lowest BCUT2D eigenvalue weighted by Gasteiger charge is -2.22. The molecule has 3 nitrogen and oxygen atoms in total. The van der Waals surface area contributed by atoms with Gasteiger partial charge < -0.3 is 23.4 Å². The second-order valence-corrected chi connectivity index (χ2v) is 5.36. The quantitative estimate of drug-likeness (QED) is 0.512. The summed E-state index contributed by atoms with van der Waals surface area (Å²) in [5.41, 5.74) is 3.91. The Morgan fingerprint density at radius 3 is 2.21 bits per heavy atom. The van der Waals surface area contributed by atoms with Gasteiger partial charge in [-0.15, -0.1) is 5.46 Å². The van der Waals surface area contributed by atoms with Gasteiger partial charge >= 0.3 is 12.9 Å². The summed E-state index contributed by atoms with van der Waals surface area (Å²) in [5.74, 6) is -0.807. The molecule has 0 heterocycles. The molecule has 19 heavy (non-hydrogen) atoms. The number of carbonyl (C=O) groups excluding carboxylic acids is 1. The molecule has 7 heteroatoms. The number of hydrogen-bond acceptors (Lipinski definition) is 3. The number of halogens is 3. The Balaban J connectivity index is 3.28. The van der Waals surface area contributed by atoms with Gasteiger partial charge in [-0.3, -0.25) is 0 Å². The van der Waals surface area contributed by atoms with Crippen molar-refractivity contribution in [1.29, 1.82) is 0 Å². The highest BCUT2D eigenvalue weighted by atomic mass is 19.4. The molecule has 0 unspecified atom stereocenters. The number of nitrogens with two attached hydrogens (primary N) is 1. The first-order chi connectivity index (χ1) is 8.42. The van der Waals surface area contributed by atoms with Crippen molar-refractivity contribution in [3.05, 3.63) is 23.3 Å². The molecule has 2 N–H and O–H groups in total. The van der Waals surface area contributed by atoms with Crippen LogP contribution in [0.5, 0.6) is 0 Å². The predicted octanol–water partition coefficient (Wildman–Crippen LogP) is 2.59. The fourth-order valence-corrected chi connectivity index (χ4v) is 1.49. The van der Waals surface area contributed by atoms with Crippen molar-refractivity contribution < 1.29 is 22.5 Å². The molecule has 0 aromatic heterocycles. The van der Waals surface area contributed by atoms with Crippen LogP contribution in [0.2, 0.25) is 0 Å². The van der Waals surface area contributed by atoms with E-state index in [1.165, 1.54) is 6.92 Å². The minimum absolute atomic E-state index is 0.0717. The summed E-state index contributed by atoms with van der Waals surface area (Å²) >= 11 is 0. The highest BCUT2D eigenvalue weighted by Gasteiger charge is 2.29. The smallest absolute Gasteiger partial charge is 0.456 e. The van der Waals surface area contributed by atoms with Crippen molar-refractivity contribution in [2.24, 2.45) is 0 Å². The maximum atomic E-state index is 12.7. The van der Waals surface area contributed by atoms with Crippen molar-refractivity contribution in [3.8, 4) is 0 Å². The number of hydrogen-bond donors (Lipinski definition) is 1. The van der Waals surface area contributed by atoms with Gasteiger partial charge in [-0.2, -0.15) is 0 Å². The Labute approximate surface area is 110 Å². The van der Waals surface area contributed by atoms with Crippen molar-refractivity contribution in [3.63, 3.8) is 0 Å². The molecule has 1 rings (SSSR count). The summed E-state index contributed by atoms with van der Waals surface area (Å²) in [6, 6.07) is 1.63. The monoisotopic (exact) mass is 274 g/mol. The van der Waals surface area contributed by atoms with Gasteiger partial charge in [-0.05, 0) is 33.3 Å². The number of ether oxygens (including phenoxy) is 1. The zero-order valence-corrected chi connectivity index (χ0v) is 11.3. The van der Waals surface area contributed by atoms with E-state index in [0.29, 0.717) is 0 Å². The topological polar surface area (TPSA) is 52.3 Å². The van der Waals surface area contributed by atoms with Crippen LogP contribution in [0.3, 0.4) is 0 Å². The maximum absolute atomic E-state index is 12.7. The molecule has 0 radical (unpaired) electrons. The summed E-state index contributed by atoms with van der Waals surface area (Å²) in [6.07, 6.45) is 0. The van der Waals surface area contributed by atoms with E-state index in [1.54, 1.807) is 20.8 Å². The Bertz CT molecular complexity index is 507. The summed E-state index contributed by atoms with van der Waals surface area (Å²) < 4.78 is 43.3. The Morgan fingerprint density at radius 1 is 1.26 bits per heavy atom. The van der Waals surface area contributed by atoms with Crippen LogP contribution in [0.25, 0.3) is 0 Å². The normalized spacial score (nSPS) is 12.4. The van der Waals surface area contributed by atoms with E-state index in [0.717, 1.165) is 12.1 Å². The zero-order valence-electron chi connectivity index (χ0n) is 11.3. The highest BCUT2D eigenvalue weighted by Crippen LogP contribution is 2.21. The lowest BCUT2D eigenvalue weighted by Crippen LogP contribution is -2.35. The molecule has 0 aliphatic carbocycles. The molecule has 1 aromatic rings. The molecule has 0 amide bonds. The molecule has 106 valence electrons. The van der Waals surface area contributed by atoms with Crippen LogP contribution >= 0.6 is 0 Å². The third-order valence-electron chi connectivity index (χ3n) is 2.47. The van der Waals surface area contributed by atoms with Crippen LogP contribution < -0.4 is 11.2 Å². The van der Waals surface area contributed by atoms with Crippen LogP contribution in [0.4, 0.5) is 18.6 Å². The van der Waals surface area contributed by atoms with E-state index in [-0.39, 0.29) is 16.8 Å². The van der Waals surface area contributed by atoms with Gasteiger partial charge in [0, 0.05) is 5.69 Å². The third-order valence-corrected chi connectivity index (χ3v) is 2.47. The predicted molar refractivity (Wildman–Crippen MR) is 69.5 cm³/mol. The second kappa shape index (κ2) is 4.79. The Morgan fingerprint density at radius 2 is 1.79 bits per heavy atom. The molecule has 0 atom stereocenters. The van der Waals surface area contributed by atoms with Crippen molar-refractivity contribution in [1.82, 2.24) is 0 Å². The number of esters is 1. The zero-order chi connectivity index (χ0) is 15.0. The van der Waals surface area contributed by atoms with Crippen molar-refractivity contribution >= 4 is 24.1 Å². The Hall–Kier alpha value is -1.66. The van der Waals surface area contributed by atoms with E-state index in [2.05, 4.69) is 0 Å². The van der Waals surface area contributed by atoms with E-state index < -0.39 is 24.0 Å². The maximum Gasteiger partial charge on any atom is 0.509 e. The fourth-order valence-electron chi connectivity index (χ4n) is 1.49. The van der Waals surface area contributed by atoms with Crippen LogP contribution in [0.15, 0.2) is 12.1 Å². The van der Waals surface area contributed by atoms with Gasteiger partial charge in [0.2, 0.25) is 0 Å². The van der Waals surface area contributed by atoms with Crippen LogP contribution in [0.1, 0.15) is 36.7 Å². The molecule has 0 saturated heterocycles. The van der Waals surface area contributed by atoms with Gasteiger partial charge in [0.25, 0.3) is 0 Å². The number of benzene rings is 1. The molecular formula is C12H16BF3NO2-. The fraction of sp³-hybridized carbons (Fsp3) is 0.417. The summed E-state index contributed by atoms with van der Waals surface area (Å²) in [6.45, 7) is 1.20. The SMILES string of the molecule is Cc1c(N)cc([B-](F)(F)F)cc1C(=O)OC(C)(C)C. The summed E-state index contributed by atoms with van der Waals surface area (Å²) in [7, 11) is 0. The van der Waals surface area contributed by atoms with Crippen LogP contribution in [-0.2, 0) is 4.74 Å². The molecule has 0 aliphatic heterocycles. The number of nitrogen functional groups attached to an aromatic ring is 1. The first kappa shape index (κ1) is 15.4. The summed E-state index contributed by atoms with van der Waals surface area (Å²) in [5, 5.41) is 0. The molecular weight excluding hydrogens is 258 g/mol. The second-order valence-electron chi connectivity index (χ2n) is 5.36. The lowest BCUT2D eigenvalue weighted by molar-refractivity contribution is 0.00689. The lowest BCUT2D eigenvalue weighted by atomic mass is 9.78. The first-order valence-corrected chi connectivity index (χ1v) is 5.75. The van der Waals surface area contributed by atoms with Gasteiger partial charge in [-0.1, -0.05) is 12.1 Å². The third kappa shape index (κ3) is 3.91. The average Bonchev–Trinajstić information content (AvgIpc) is 2.17. The summed E-state index contributed by atoms with van der Waals surface area (Å²) in [4.78, 5) is 11.9. The van der Waals surface area contributed by atoms with Crippen molar-refractivity contribution in [2.45, 2.75) is 33.3 Å². The van der Waals surface area contributed by atoms with Crippen LogP contribution in [-0.4, -0.2) is 18.5 Å². The molecule has 0 fully saturated rings. The molecule has 1 aromatic carbocycles. The highest BCUT2D eigenvalue weighted by molar-refractivity contribution is 6.73. The van der Waals surface area contributed by atoms with E-state index >= 15 is 0 Å². The molecule has 0 saturated carbocycles. The molecule has 0 aliphatic rings.